The lowest BCUT2D eigenvalue weighted by atomic mass is 10.0. The van der Waals surface area contributed by atoms with Crippen molar-refractivity contribution in [3.05, 3.63) is 69.8 Å². The van der Waals surface area contributed by atoms with Crippen molar-refractivity contribution < 1.29 is 17.6 Å². The fourth-order valence-corrected chi connectivity index (χ4v) is 2.85. The van der Waals surface area contributed by atoms with Gasteiger partial charge in [0.05, 0.1) is 9.85 Å². The zero-order valence-electron chi connectivity index (χ0n) is 9.23. The maximum Gasteiger partial charge on any atom is 0.142 e. The van der Waals surface area contributed by atoms with Crippen molar-refractivity contribution in [3.63, 3.8) is 0 Å². The van der Waals surface area contributed by atoms with Gasteiger partial charge in [-0.1, -0.05) is 39.7 Å². The molecule has 0 saturated heterocycles. The summed E-state index contributed by atoms with van der Waals surface area (Å²) >= 11 is 8.80. The molecule has 100 valence electrons. The van der Waals surface area contributed by atoms with Gasteiger partial charge < -0.3 is 0 Å². The molecule has 2 aromatic carbocycles. The molecular weight excluding hydrogens is 347 g/mol. The molecule has 0 saturated carbocycles. The number of rotatable bonds is 2. The van der Waals surface area contributed by atoms with Crippen molar-refractivity contribution in [2.24, 2.45) is 0 Å². The first-order chi connectivity index (χ1) is 8.91. The molecule has 0 aromatic heterocycles. The van der Waals surface area contributed by atoms with Crippen molar-refractivity contribution >= 4 is 27.5 Å². The number of halogens is 6. The SMILES string of the molecule is Fc1cc(F)c(C(Br)c2cccc(F)c2Cl)c(F)c1. The van der Waals surface area contributed by atoms with Gasteiger partial charge in [0, 0.05) is 17.7 Å². The highest BCUT2D eigenvalue weighted by Crippen LogP contribution is 2.38. The maximum atomic E-state index is 13.6. The third-order valence-corrected chi connectivity index (χ3v) is 3.90. The van der Waals surface area contributed by atoms with Crippen LogP contribution in [0.2, 0.25) is 5.02 Å². The van der Waals surface area contributed by atoms with Gasteiger partial charge in [0.2, 0.25) is 0 Å². The van der Waals surface area contributed by atoms with Gasteiger partial charge in [-0.3, -0.25) is 0 Å². The van der Waals surface area contributed by atoms with Crippen LogP contribution in [0.3, 0.4) is 0 Å². The minimum Gasteiger partial charge on any atom is -0.207 e. The molecule has 19 heavy (non-hydrogen) atoms. The van der Waals surface area contributed by atoms with Gasteiger partial charge in [-0.15, -0.1) is 0 Å². The lowest BCUT2D eigenvalue weighted by Gasteiger charge is -2.14. The van der Waals surface area contributed by atoms with Crippen LogP contribution in [0.1, 0.15) is 16.0 Å². The smallest absolute Gasteiger partial charge is 0.142 e. The van der Waals surface area contributed by atoms with Crippen LogP contribution in [-0.2, 0) is 0 Å². The van der Waals surface area contributed by atoms with E-state index < -0.39 is 33.7 Å². The van der Waals surface area contributed by atoms with Gasteiger partial charge in [0.15, 0.2) is 0 Å². The van der Waals surface area contributed by atoms with E-state index in [0.29, 0.717) is 12.1 Å². The van der Waals surface area contributed by atoms with Crippen LogP contribution in [0.25, 0.3) is 0 Å². The quantitative estimate of drug-likeness (QED) is 0.502. The predicted molar refractivity (Wildman–Crippen MR) is 68.5 cm³/mol. The fourth-order valence-electron chi connectivity index (χ4n) is 1.67. The third kappa shape index (κ3) is 2.77. The average Bonchev–Trinajstić information content (AvgIpc) is 2.31. The van der Waals surface area contributed by atoms with Crippen LogP contribution in [0, 0.1) is 23.3 Å². The second-order valence-electron chi connectivity index (χ2n) is 3.79. The van der Waals surface area contributed by atoms with E-state index in [-0.39, 0.29) is 10.6 Å². The highest BCUT2D eigenvalue weighted by atomic mass is 79.9. The molecule has 1 unspecified atom stereocenters. The highest BCUT2D eigenvalue weighted by Gasteiger charge is 2.23. The molecule has 0 radical (unpaired) electrons. The minimum absolute atomic E-state index is 0.158. The monoisotopic (exact) mass is 352 g/mol. The highest BCUT2D eigenvalue weighted by molar-refractivity contribution is 9.09. The number of hydrogen-bond donors (Lipinski definition) is 0. The topological polar surface area (TPSA) is 0 Å². The van der Waals surface area contributed by atoms with E-state index in [9.17, 15) is 17.6 Å². The van der Waals surface area contributed by atoms with Crippen LogP contribution < -0.4 is 0 Å². The van der Waals surface area contributed by atoms with Gasteiger partial charge in [-0.05, 0) is 11.6 Å². The Morgan fingerprint density at radius 2 is 1.53 bits per heavy atom. The fraction of sp³-hybridized carbons (Fsp3) is 0.0769. The molecule has 0 aliphatic rings. The molecule has 0 nitrogen and oxygen atoms in total. The molecule has 0 heterocycles. The summed E-state index contributed by atoms with van der Waals surface area (Å²) in [4.78, 5) is -1.02. The second-order valence-corrected chi connectivity index (χ2v) is 5.08. The summed E-state index contributed by atoms with van der Waals surface area (Å²) in [6, 6.07) is 5.03. The lowest BCUT2D eigenvalue weighted by Crippen LogP contribution is -2.03. The molecule has 0 bridgehead atoms. The van der Waals surface area contributed by atoms with Gasteiger partial charge >= 0.3 is 0 Å². The zero-order valence-corrected chi connectivity index (χ0v) is 11.6. The first-order valence-electron chi connectivity index (χ1n) is 5.14. The average molecular weight is 354 g/mol. The van der Waals surface area contributed by atoms with Gasteiger partial charge in [-0.25, -0.2) is 17.6 Å². The van der Waals surface area contributed by atoms with E-state index in [2.05, 4.69) is 15.9 Å². The van der Waals surface area contributed by atoms with Crippen LogP contribution in [0.15, 0.2) is 30.3 Å². The van der Waals surface area contributed by atoms with Gasteiger partial charge in [0.25, 0.3) is 0 Å². The third-order valence-electron chi connectivity index (χ3n) is 2.55. The Balaban J connectivity index is 2.56. The molecule has 0 fully saturated rings. The largest absolute Gasteiger partial charge is 0.207 e. The summed E-state index contributed by atoms with van der Waals surface area (Å²) in [6.07, 6.45) is 0. The van der Waals surface area contributed by atoms with Crippen molar-refractivity contribution in [3.8, 4) is 0 Å². The maximum absolute atomic E-state index is 13.6. The van der Waals surface area contributed by atoms with E-state index in [0.717, 1.165) is 6.07 Å². The summed E-state index contributed by atoms with van der Waals surface area (Å²) < 4.78 is 53.4. The van der Waals surface area contributed by atoms with Crippen molar-refractivity contribution in [1.82, 2.24) is 0 Å². The van der Waals surface area contributed by atoms with Gasteiger partial charge in [0.1, 0.15) is 23.3 Å². The summed E-state index contributed by atoms with van der Waals surface area (Å²) in [5.74, 6) is -3.87. The summed E-state index contributed by atoms with van der Waals surface area (Å²) in [7, 11) is 0. The van der Waals surface area contributed by atoms with E-state index in [4.69, 9.17) is 11.6 Å². The van der Waals surface area contributed by atoms with Crippen LogP contribution in [0.4, 0.5) is 17.6 Å². The molecular formula is C13H6BrClF4. The second kappa shape index (κ2) is 5.51. The van der Waals surface area contributed by atoms with Crippen LogP contribution >= 0.6 is 27.5 Å². The number of benzene rings is 2. The Bertz CT molecular complexity index is 607. The Kier molecular flexibility index (Phi) is 4.16. The Morgan fingerprint density at radius 1 is 0.947 bits per heavy atom. The Labute approximate surface area is 120 Å². The van der Waals surface area contributed by atoms with Crippen molar-refractivity contribution in [2.45, 2.75) is 4.83 Å². The summed E-state index contributed by atoms with van der Waals surface area (Å²) in [5, 5.41) is -0.243. The van der Waals surface area contributed by atoms with Crippen LogP contribution in [0.5, 0.6) is 0 Å². The van der Waals surface area contributed by atoms with Crippen molar-refractivity contribution in [2.75, 3.05) is 0 Å². The van der Waals surface area contributed by atoms with E-state index in [1.165, 1.54) is 12.1 Å². The van der Waals surface area contributed by atoms with Crippen molar-refractivity contribution in [1.29, 1.82) is 0 Å². The molecule has 1 atom stereocenters. The normalized spacial score (nSPS) is 12.5. The minimum atomic E-state index is -1.07. The molecule has 6 heteroatoms. The standard InChI is InChI=1S/C13H6BrClF4/c14-12(7-2-1-3-8(17)13(7)15)11-9(18)4-6(16)5-10(11)19/h1-5,12H. The zero-order chi connectivity index (χ0) is 14.2. The molecule has 2 rings (SSSR count). The molecule has 0 amide bonds. The first kappa shape index (κ1) is 14.3. The summed E-state index contributed by atoms with van der Waals surface area (Å²) in [6.45, 7) is 0. The molecule has 0 spiro atoms. The molecule has 2 aromatic rings. The Morgan fingerprint density at radius 3 is 2.11 bits per heavy atom. The number of alkyl halides is 1. The molecule has 0 aliphatic heterocycles. The predicted octanol–water partition coefficient (Wildman–Crippen LogP) is 5.38. The molecule has 0 N–H and O–H groups in total. The van der Waals surface area contributed by atoms with E-state index in [1.54, 1.807) is 0 Å². The van der Waals surface area contributed by atoms with Gasteiger partial charge in [-0.2, -0.15) is 0 Å². The summed E-state index contributed by atoms with van der Waals surface area (Å²) in [5.41, 5.74) is -0.264. The van der Waals surface area contributed by atoms with E-state index in [1.807, 2.05) is 0 Å². The van der Waals surface area contributed by atoms with Crippen LogP contribution in [-0.4, -0.2) is 0 Å². The van der Waals surface area contributed by atoms with E-state index >= 15 is 0 Å². The Hall–Kier alpha value is -1.07. The number of hydrogen-bond acceptors (Lipinski definition) is 0. The molecule has 0 aliphatic carbocycles. The first-order valence-corrected chi connectivity index (χ1v) is 6.43. The lowest BCUT2D eigenvalue weighted by molar-refractivity contribution is 0.527.